The van der Waals surface area contributed by atoms with Gasteiger partial charge in [0.15, 0.2) is 0 Å². The number of anilines is 1. The standard InChI is InChI=1S/C18H20N2O3S/c21-17(22)20(18-7-10-19(11-8-18)12-9-18)15-6-13-24(23)16(15)14-4-2-1-3-5-14/h1-6,13H,7-12H2,(H,21,22). The van der Waals surface area contributed by atoms with Crippen molar-refractivity contribution in [1.82, 2.24) is 4.90 Å². The van der Waals surface area contributed by atoms with E-state index in [2.05, 4.69) is 4.90 Å². The second-order valence-corrected chi connectivity index (χ2v) is 7.89. The molecule has 24 heavy (non-hydrogen) atoms. The van der Waals surface area contributed by atoms with Gasteiger partial charge in [-0.3, -0.25) is 4.90 Å². The van der Waals surface area contributed by atoms with Crippen molar-refractivity contribution in [2.45, 2.75) is 24.8 Å². The third-order valence-electron chi connectivity index (χ3n) is 5.41. The van der Waals surface area contributed by atoms with E-state index in [4.69, 9.17) is 0 Å². The molecule has 6 heteroatoms. The highest BCUT2D eigenvalue weighted by atomic mass is 32.2. The summed E-state index contributed by atoms with van der Waals surface area (Å²) in [6, 6.07) is 11.2. The first-order valence-corrected chi connectivity index (χ1v) is 9.46. The molecule has 4 heterocycles. The van der Waals surface area contributed by atoms with E-state index in [-0.39, 0.29) is 5.54 Å². The second kappa shape index (κ2) is 5.88. The van der Waals surface area contributed by atoms with Crippen molar-refractivity contribution in [3.8, 4) is 10.4 Å². The summed E-state index contributed by atoms with van der Waals surface area (Å²) in [7, 11) is -1.31. The third-order valence-corrected chi connectivity index (χ3v) is 6.64. The molecule has 1 aromatic heterocycles. The van der Waals surface area contributed by atoms with Gasteiger partial charge in [-0.05, 0) is 42.1 Å². The van der Waals surface area contributed by atoms with Gasteiger partial charge in [-0.2, -0.15) is 0 Å². The summed E-state index contributed by atoms with van der Waals surface area (Å²) in [5.41, 5.74) is 1.04. The maximum atomic E-state index is 12.5. The molecular weight excluding hydrogens is 324 g/mol. The Balaban J connectivity index is 1.82. The average Bonchev–Trinajstić information content (AvgIpc) is 2.98. The van der Waals surface area contributed by atoms with Crippen LogP contribution in [0.4, 0.5) is 10.5 Å². The Labute approximate surface area is 143 Å². The number of amides is 1. The highest BCUT2D eigenvalue weighted by Gasteiger charge is 2.48. The smallest absolute Gasteiger partial charge is 0.412 e. The number of hydrogen-bond donors (Lipinski definition) is 1. The third kappa shape index (κ3) is 2.42. The molecule has 3 aliphatic heterocycles. The van der Waals surface area contributed by atoms with Gasteiger partial charge in [0.25, 0.3) is 0 Å². The first-order chi connectivity index (χ1) is 11.6. The maximum absolute atomic E-state index is 12.5. The van der Waals surface area contributed by atoms with Crippen LogP contribution in [0.1, 0.15) is 19.3 Å². The minimum Gasteiger partial charge on any atom is -0.590 e. The molecule has 0 saturated carbocycles. The fourth-order valence-electron chi connectivity index (χ4n) is 4.11. The van der Waals surface area contributed by atoms with Crippen molar-refractivity contribution >= 4 is 22.5 Å². The summed E-state index contributed by atoms with van der Waals surface area (Å²) < 4.78 is 12.5. The molecule has 1 atom stereocenters. The van der Waals surface area contributed by atoms with Gasteiger partial charge in [0.05, 0.1) is 5.54 Å². The lowest BCUT2D eigenvalue weighted by Gasteiger charge is -2.52. The van der Waals surface area contributed by atoms with E-state index in [9.17, 15) is 14.5 Å². The normalized spacial score (nSPS) is 26.4. The molecule has 0 radical (unpaired) electrons. The number of benzene rings is 1. The van der Waals surface area contributed by atoms with Gasteiger partial charge in [-0.25, -0.2) is 4.79 Å². The zero-order valence-corrected chi connectivity index (χ0v) is 14.2. The summed E-state index contributed by atoms with van der Waals surface area (Å²) >= 11 is 0. The molecule has 5 nitrogen and oxygen atoms in total. The van der Waals surface area contributed by atoms with Crippen LogP contribution in [0.5, 0.6) is 0 Å². The number of thiophene rings is 1. The van der Waals surface area contributed by atoms with E-state index in [1.54, 1.807) is 11.4 Å². The molecule has 3 fully saturated rings. The van der Waals surface area contributed by atoms with Gasteiger partial charge in [-0.1, -0.05) is 18.2 Å². The Kier molecular flexibility index (Phi) is 3.83. The van der Waals surface area contributed by atoms with Crippen molar-refractivity contribution in [3.05, 3.63) is 41.8 Å². The lowest BCUT2D eigenvalue weighted by atomic mass is 9.78. The lowest BCUT2D eigenvalue weighted by Crippen LogP contribution is -2.62. The summed E-state index contributed by atoms with van der Waals surface area (Å²) in [6.07, 6.45) is 1.57. The van der Waals surface area contributed by atoms with Crippen molar-refractivity contribution < 1.29 is 14.5 Å². The molecule has 1 N–H and O–H groups in total. The molecule has 2 bridgehead atoms. The van der Waals surface area contributed by atoms with Gasteiger partial charge in [-0.15, -0.1) is 0 Å². The van der Waals surface area contributed by atoms with E-state index in [0.29, 0.717) is 10.6 Å². The zero-order chi connectivity index (χ0) is 16.7. The topological polar surface area (TPSA) is 66.8 Å². The molecule has 3 aliphatic rings. The van der Waals surface area contributed by atoms with Crippen LogP contribution in [-0.4, -0.2) is 45.8 Å². The number of nitrogens with zero attached hydrogens (tertiary/aromatic N) is 2. The molecule has 5 rings (SSSR count). The minimum atomic E-state index is -1.31. The highest BCUT2D eigenvalue weighted by molar-refractivity contribution is 7.27. The Bertz CT molecular complexity index is 737. The van der Waals surface area contributed by atoms with Crippen LogP contribution >= 0.6 is 10.8 Å². The fraction of sp³-hybridized carbons (Fsp3) is 0.389. The summed E-state index contributed by atoms with van der Waals surface area (Å²) in [6.45, 7) is 2.81. The maximum Gasteiger partial charge on any atom is 0.412 e. The van der Waals surface area contributed by atoms with Crippen molar-refractivity contribution in [1.29, 1.82) is 0 Å². The van der Waals surface area contributed by atoms with Crippen LogP contribution in [0.25, 0.3) is 10.4 Å². The zero-order valence-electron chi connectivity index (χ0n) is 13.4. The summed E-state index contributed by atoms with van der Waals surface area (Å²) in [4.78, 5) is 16.7. The van der Waals surface area contributed by atoms with E-state index in [1.807, 2.05) is 30.3 Å². The van der Waals surface area contributed by atoms with Gasteiger partial charge in [0, 0.05) is 31.3 Å². The molecular formula is C18H20N2O3S. The lowest BCUT2D eigenvalue weighted by molar-refractivity contribution is 0.0784. The highest BCUT2D eigenvalue weighted by Crippen LogP contribution is 2.47. The number of carbonyl (C=O) groups is 1. The summed E-state index contributed by atoms with van der Waals surface area (Å²) in [5, 5.41) is 11.6. The van der Waals surface area contributed by atoms with Crippen LogP contribution in [-0.2, 0) is 0 Å². The van der Waals surface area contributed by atoms with Gasteiger partial charge in [0.2, 0.25) is 4.88 Å². The number of carboxylic acid groups (broad SMARTS) is 1. The fourth-order valence-corrected chi connectivity index (χ4v) is 5.23. The molecule has 0 spiro atoms. The number of rotatable bonds is 3. The largest absolute Gasteiger partial charge is 0.590 e. The van der Waals surface area contributed by atoms with E-state index >= 15 is 0 Å². The predicted molar refractivity (Wildman–Crippen MR) is 94.1 cm³/mol. The number of fused-ring (bicyclic) bond motifs is 3. The van der Waals surface area contributed by atoms with E-state index in [0.717, 1.165) is 44.5 Å². The molecule has 126 valence electrons. The molecule has 2 aromatic rings. The molecule has 1 amide bonds. The van der Waals surface area contributed by atoms with Crippen LogP contribution in [0, 0.1) is 0 Å². The number of hydrogen-bond acceptors (Lipinski definition) is 3. The summed E-state index contributed by atoms with van der Waals surface area (Å²) in [5.74, 6) is 0. The van der Waals surface area contributed by atoms with Crippen molar-refractivity contribution in [3.63, 3.8) is 0 Å². The van der Waals surface area contributed by atoms with Crippen molar-refractivity contribution in [2.75, 3.05) is 24.5 Å². The van der Waals surface area contributed by atoms with E-state index < -0.39 is 16.8 Å². The van der Waals surface area contributed by atoms with Crippen LogP contribution < -0.4 is 4.90 Å². The molecule has 1 aromatic carbocycles. The number of piperidine rings is 3. The minimum absolute atomic E-state index is 0.366. The van der Waals surface area contributed by atoms with Gasteiger partial charge in [0.1, 0.15) is 11.1 Å². The molecule has 1 unspecified atom stereocenters. The van der Waals surface area contributed by atoms with Gasteiger partial charge >= 0.3 is 6.09 Å². The van der Waals surface area contributed by atoms with Crippen molar-refractivity contribution in [2.24, 2.45) is 0 Å². The van der Waals surface area contributed by atoms with Crippen LogP contribution in [0.3, 0.4) is 0 Å². The Morgan fingerprint density at radius 3 is 2.33 bits per heavy atom. The SMILES string of the molecule is O=C(O)N(c1cc[s+]([O-])c1-c1ccccc1)C12CCN(CC1)CC2. The second-order valence-electron chi connectivity index (χ2n) is 6.61. The van der Waals surface area contributed by atoms with E-state index in [1.165, 1.54) is 4.90 Å². The van der Waals surface area contributed by atoms with Gasteiger partial charge < -0.3 is 14.6 Å². The first kappa shape index (κ1) is 15.6. The van der Waals surface area contributed by atoms with Crippen LogP contribution in [0.2, 0.25) is 0 Å². The molecule has 3 saturated heterocycles. The average molecular weight is 344 g/mol. The first-order valence-electron chi connectivity index (χ1n) is 8.25. The Morgan fingerprint density at radius 1 is 1.12 bits per heavy atom. The monoisotopic (exact) mass is 344 g/mol. The Hall–Kier alpha value is -1.89. The van der Waals surface area contributed by atoms with Crippen LogP contribution in [0.15, 0.2) is 41.8 Å². The molecule has 0 aliphatic carbocycles. The Morgan fingerprint density at radius 2 is 1.75 bits per heavy atom. The predicted octanol–water partition coefficient (Wildman–Crippen LogP) is 3.80. The quantitative estimate of drug-likeness (QED) is 0.860.